The summed E-state index contributed by atoms with van der Waals surface area (Å²) in [4.78, 5) is -3.47. The van der Waals surface area contributed by atoms with Crippen LogP contribution in [0.25, 0.3) is 0 Å². The Balaban J connectivity index is 3.26. The molecule has 0 bridgehead atoms. The first-order chi connectivity index (χ1) is 12.8. The number of nitrogens with zero attached hydrogens (tertiary/aromatic N) is 1. The summed E-state index contributed by atoms with van der Waals surface area (Å²) in [6.07, 6.45) is -37.7. The Hall–Kier alpha value is -1.31. The highest BCUT2D eigenvalue weighted by molar-refractivity contribution is 4.97. The SMILES string of the molecule is FC(C(F)(F)F)C(F)(F)COC(F)(F)C(F)N1C(F)(F)C(F)(F)OC(F)(F)C1(F)F. The van der Waals surface area contributed by atoms with Crippen LogP contribution in [0.5, 0.6) is 0 Å². The predicted octanol–water partition coefficient (Wildman–Crippen LogP) is 5.13. The van der Waals surface area contributed by atoms with E-state index in [2.05, 4.69) is 4.74 Å². The van der Waals surface area contributed by atoms with Gasteiger partial charge in [0.05, 0.1) is 0 Å². The quantitative estimate of drug-likeness (QED) is 0.379. The third-order valence-electron chi connectivity index (χ3n) is 3.18. The molecule has 0 N–H and O–H groups in total. The highest BCUT2D eigenvalue weighted by atomic mass is 19.4. The van der Waals surface area contributed by atoms with Crippen LogP contribution < -0.4 is 0 Å². The standard InChI is InChI=1S/C10H4F17NO2/c11-2(5(15,16)17)4(13,14)1-29-6(18,19)3(12)28-7(20,21)9(24,25)30-10(26,27)8(28,22)23/h2-3H,1H2. The van der Waals surface area contributed by atoms with Gasteiger partial charge in [-0.15, -0.1) is 4.90 Å². The molecule has 1 aliphatic heterocycles. The minimum absolute atomic E-state index is 1.81. The molecular weight excluding hydrogens is 489 g/mol. The number of hydrogen-bond donors (Lipinski definition) is 0. The first-order valence-corrected chi connectivity index (χ1v) is 6.60. The van der Waals surface area contributed by atoms with Gasteiger partial charge in [0.15, 0.2) is 0 Å². The van der Waals surface area contributed by atoms with Crippen molar-refractivity contribution in [2.45, 2.75) is 55.0 Å². The van der Waals surface area contributed by atoms with Crippen LogP contribution in [0.1, 0.15) is 0 Å². The molecule has 0 aliphatic carbocycles. The first-order valence-electron chi connectivity index (χ1n) is 6.60. The van der Waals surface area contributed by atoms with Gasteiger partial charge in [-0.2, -0.15) is 57.1 Å². The van der Waals surface area contributed by atoms with Crippen molar-refractivity contribution < 1.29 is 84.1 Å². The lowest BCUT2D eigenvalue weighted by Gasteiger charge is -2.48. The smallest absolute Gasteiger partial charge is 0.311 e. The Labute approximate surface area is 152 Å². The number of hydrogen-bond acceptors (Lipinski definition) is 3. The van der Waals surface area contributed by atoms with Gasteiger partial charge in [0, 0.05) is 0 Å². The second-order valence-electron chi connectivity index (χ2n) is 5.44. The highest BCUT2D eigenvalue weighted by Crippen LogP contribution is 2.57. The summed E-state index contributed by atoms with van der Waals surface area (Å²) in [6.45, 7) is -3.53. The van der Waals surface area contributed by atoms with Gasteiger partial charge in [-0.1, -0.05) is 0 Å². The maximum Gasteiger partial charge on any atom is 0.439 e. The molecule has 0 spiro atoms. The molecule has 180 valence electrons. The molecule has 0 saturated carbocycles. The van der Waals surface area contributed by atoms with Gasteiger partial charge < -0.3 is 4.74 Å². The summed E-state index contributed by atoms with van der Waals surface area (Å²) < 4.78 is 223. The van der Waals surface area contributed by atoms with Gasteiger partial charge >= 0.3 is 42.5 Å². The molecule has 30 heavy (non-hydrogen) atoms. The van der Waals surface area contributed by atoms with Crippen molar-refractivity contribution in [2.75, 3.05) is 6.61 Å². The summed E-state index contributed by atoms with van der Waals surface area (Å²) in [5, 5.41) is 0. The van der Waals surface area contributed by atoms with Gasteiger partial charge in [-0.05, 0) is 0 Å². The Morgan fingerprint density at radius 2 is 1.10 bits per heavy atom. The molecule has 0 aromatic heterocycles. The third kappa shape index (κ3) is 4.34. The fourth-order valence-electron chi connectivity index (χ4n) is 1.75. The minimum atomic E-state index is -7.01. The lowest BCUT2D eigenvalue weighted by atomic mass is 10.2. The van der Waals surface area contributed by atoms with E-state index in [-0.39, 0.29) is 0 Å². The Bertz CT molecular complexity index is 605. The molecule has 3 nitrogen and oxygen atoms in total. The summed E-state index contributed by atoms with van der Waals surface area (Å²) >= 11 is 0. The maximum atomic E-state index is 13.6. The van der Waals surface area contributed by atoms with Crippen LogP contribution >= 0.6 is 0 Å². The van der Waals surface area contributed by atoms with E-state index in [0.717, 1.165) is 0 Å². The van der Waals surface area contributed by atoms with Crippen LogP contribution in [0.3, 0.4) is 0 Å². The van der Waals surface area contributed by atoms with Crippen LogP contribution in [0, 0.1) is 0 Å². The van der Waals surface area contributed by atoms with Crippen LogP contribution in [0.2, 0.25) is 0 Å². The van der Waals surface area contributed by atoms with Crippen LogP contribution in [0.15, 0.2) is 0 Å². The third-order valence-corrected chi connectivity index (χ3v) is 3.18. The Morgan fingerprint density at radius 3 is 1.43 bits per heavy atom. The molecule has 1 rings (SSSR count). The average molecular weight is 493 g/mol. The number of rotatable bonds is 6. The average Bonchev–Trinajstić information content (AvgIpc) is 2.48. The van der Waals surface area contributed by atoms with Crippen molar-refractivity contribution in [1.82, 2.24) is 4.90 Å². The molecule has 2 atom stereocenters. The van der Waals surface area contributed by atoms with Gasteiger partial charge in [0.2, 0.25) is 0 Å². The Morgan fingerprint density at radius 1 is 0.733 bits per heavy atom. The molecule has 20 heteroatoms. The van der Waals surface area contributed by atoms with Gasteiger partial charge in [0.1, 0.15) is 6.61 Å². The number of morpholine rings is 1. The van der Waals surface area contributed by atoms with E-state index in [1.54, 1.807) is 0 Å². The molecule has 1 aliphatic rings. The molecule has 0 aromatic rings. The maximum absolute atomic E-state index is 13.6. The zero-order valence-electron chi connectivity index (χ0n) is 13.1. The van der Waals surface area contributed by atoms with Crippen LogP contribution in [0.4, 0.5) is 74.6 Å². The minimum Gasteiger partial charge on any atom is -0.311 e. The summed E-state index contributed by atoms with van der Waals surface area (Å²) in [6, 6.07) is -14.0. The second-order valence-corrected chi connectivity index (χ2v) is 5.44. The van der Waals surface area contributed by atoms with Crippen molar-refractivity contribution >= 4 is 0 Å². The van der Waals surface area contributed by atoms with Crippen molar-refractivity contribution in [1.29, 1.82) is 0 Å². The van der Waals surface area contributed by atoms with Gasteiger partial charge in [-0.3, -0.25) is 0 Å². The van der Waals surface area contributed by atoms with E-state index >= 15 is 0 Å². The highest BCUT2D eigenvalue weighted by Gasteiger charge is 2.85. The Kier molecular flexibility index (Phi) is 6.33. The number of alkyl halides is 17. The molecule has 0 amide bonds. The zero-order chi connectivity index (χ0) is 24.4. The zero-order valence-corrected chi connectivity index (χ0v) is 13.1. The van der Waals surface area contributed by atoms with E-state index in [9.17, 15) is 74.6 Å². The summed E-state index contributed by atoms with van der Waals surface area (Å²) in [5.74, 6) is -6.01. The number of ether oxygens (including phenoxy) is 2. The van der Waals surface area contributed by atoms with Crippen molar-refractivity contribution in [2.24, 2.45) is 0 Å². The van der Waals surface area contributed by atoms with Gasteiger partial charge in [0.25, 0.3) is 12.5 Å². The summed E-state index contributed by atoms with van der Waals surface area (Å²) in [7, 11) is 0. The largest absolute Gasteiger partial charge is 0.439 e. The van der Waals surface area contributed by atoms with E-state index in [1.165, 1.54) is 0 Å². The fraction of sp³-hybridized carbons (Fsp3) is 1.00. The first kappa shape index (κ1) is 26.7. The molecule has 1 saturated heterocycles. The van der Waals surface area contributed by atoms with Crippen LogP contribution in [-0.4, -0.2) is 66.5 Å². The van der Waals surface area contributed by atoms with Crippen LogP contribution in [-0.2, 0) is 9.47 Å². The van der Waals surface area contributed by atoms with Crippen molar-refractivity contribution in [3.63, 3.8) is 0 Å². The van der Waals surface area contributed by atoms with E-state index < -0.39 is 66.5 Å². The predicted molar refractivity (Wildman–Crippen MR) is 54.4 cm³/mol. The fourth-order valence-corrected chi connectivity index (χ4v) is 1.75. The monoisotopic (exact) mass is 493 g/mol. The van der Waals surface area contributed by atoms with Gasteiger partial charge in [-0.25, -0.2) is 22.3 Å². The molecular formula is C10H4F17NO2. The lowest BCUT2D eigenvalue weighted by Crippen LogP contribution is -2.77. The molecule has 2 unspecified atom stereocenters. The second kappa shape index (κ2) is 7.10. The topological polar surface area (TPSA) is 21.7 Å². The lowest BCUT2D eigenvalue weighted by molar-refractivity contribution is -0.578. The van der Waals surface area contributed by atoms with E-state index in [0.29, 0.717) is 0 Å². The van der Waals surface area contributed by atoms with E-state index in [4.69, 9.17) is 0 Å². The molecule has 1 heterocycles. The molecule has 0 aromatic carbocycles. The van der Waals surface area contributed by atoms with Crippen molar-refractivity contribution in [3.05, 3.63) is 0 Å². The molecule has 0 radical (unpaired) electrons. The molecule has 1 fully saturated rings. The van der Waals surface area contributed by atoms with E-state index in [1.807, 2.05) is 4.74 Å². The summed E-state index contributed by atoms with van der Waals surface area (Å²) in [5.41, 5.74) is 0. The number of halogens is 17. The normalized spacial score (nSPS) is 26.3. The van der Waals surface area contributed by atoms with Crippen molar-refractivity contribution in [3.8, 4) is 0 Å².